The van der Waals surface area contributed by atoms with Crippen LogP contribution < -0.4 is 30.5 Å². The Morgan fingerprint density at radius 3 is 2.14 bits per heavy atom. The Hall–Kier alpha value is -5.66. The van der Waals surface area contributed by atoms with Gasteiger partial charge in [0, 0.05) is 56.8 Å². The molecule has 1 aromatic heterocycles. The summed E-state index contributed by atoms with van der Waals surface area (Å²) in [6.07, 6.45) is 9.64. The minimum Gasteiger partial charge on any atom is -0.490 e. The van der Waals surface area contributed by atoms with E-state index in [0.29, 0.717) is 35.5 Å². The number of ether oxygens (including phenoxy) is 1. The van der Waals surface area contributed by atoms with Crippen molar-refractivity contribution in [3.63, 3.8) is 0 Å². The number of piperidine rings is 3. The van der Waals surface area contributed by atoms with Crippen molar-refractivity contribution in [3.8, 4) is 11.8 Å². The van der Waals surface area contributed by atoms with Gasteiger partial charge in [0.05, 0.1) is 45.9 Å². The monoisotopic (exact) mass is 811 g/mol. The summed E-state index contributed by atoms with van der Waals surface area (Å²) in [4.78, 5) is 77.3. The number of amides is 5. The fraction of sp³-hybridized carbons (Fsp3) is 0.463. The lowest BCUT2D eigenvalue weighted by Gasteiger charge is -2.38. The molecular formula is C41H43ClFN9O6. The molecular weight excluding hydrogens is 769 g/mol. The summed E-state index contributed by atoms with van der Waals surface area (Å²) in [5.74, 6) is -2.05. The van der Waals surface area contributed by atoms with Gasteiger partial charge in [-0.2, -0.15) is 5.26 Å². The standard InChI is InChI=1S/C41H43ClFN9O6/c42-31-17-28(4-1-23(31)20-44)58-27-5-2-24(3-6-27)48-38(54)33-21-46-36(22-45-33)51-15-11-26(12-16-51)47-25-9-13-50(14-10-25)35-19-30-29(18-32(35)43)40(56)52(41(30)57)34-7-8-37(53)49-39(34)55/h1,4,17-19,21-22,24-27,34,47H,2-3,5-16H2,(H,48,54)(H,49,53,55). The molecule has 58 heavy (non-hydrogen) atoms. The van der Waals surface area contributed by atoms with Crippen LogP contribution in [0.4, 0.5) is 15.9 Å². The van der Waals surface area contributed by atoms with Gasteiger partial charge in [-0.25, -0.2) is 14.4 Å². The summed E-state index contributed by atoms with van der Waals surface area (Å²) in [5.41, 5.74) is 0.919. The molecule has 0 bridgehead atoms. The summed E-state index contributed by atoms with van der Waals surface area (Å²) in [6.45, 7) is 2.68. The number of anilines is 2. The fourth-order valence-corrected chi connectivity index (χ4v) is 8.87. The predicted octanol–water partition coefficient (Wildman–Crippen LogP) is 3.89. The fourth-order valence-electron chi connectivity index (χ4n) is 8.66. The Kier molecular flexibility index (Phi) is 11.3. The van der Waals surface area contributed by atoms with Crippen molar-refractivity contribution in [2.45, 2.75) is 94.5 Å². The first-order valence-corrected chi connectivity index (χ1v) is 20.2. The third kappa shape index (κ3) is 8.19. The zero-order valence-corrected chi connectivity index (χ0v) is 32.5. The van der Waals surface area contributed by atoms with E-state index in [4.69, 9.17) is 21.6 Å². The van der Waals surface area contributed by atoms with Gasteiger partial charge in [0.15, 0.2) is 0 Å². The molecule has 3 saturated heterocycles. The van der Waals surface area contributed by atoms with Gasteiger partial charge in [-0.3, -0.25) is 34.2 Å². The van der Waals surface area contributed by atoms with Crippen molar-refractivity contribution in [3.05, 3.63) is 75.9 Å². The van der Waals surface area contributed by atoms with E-state index in [1.54, 1.807) is 24.4 Å². The number of nitriles is 1. The zero-order chi connectivity index (χ0) is 40.5. The topological polar surface area (TPSA) is 190 Å². The number of hydrogen-bond acceptors (Lipinski definition) is 12. The molecule has 1 aliphatic carbocycles. The van der Waals surface area contributed by atoms with E-state index in [9.17, 15) is 24.0 Å². The number of imide groups is 2. The van der Waals surface area contributed by atoms with E-state index < -0.39 is 35.5 Å². The van der Waals surface area contributed by atoms with Crippen LogP contribution in [0.5, 0.6) is 5.75 Å². The third-order valence-electron chi connectivity index (χ3n) is 11.9. The molecule has 1 atom stereocenters. The molecule has 4 fully saturated rings. The lowest BCUT2D eigenvalue weighted by Crippen LogP contribution is -2.54. The van der Waals surface area contributed by atoms with Gasteiger partial charge >= 0.3 is 0 Å². The quantitative estimate of drug-likeness (QED) is 0.265. The molecule has 15 nitrogen and oxygen atoms in total. The van der Waals surface area contributed by atoms with Crippen LogP contribution in [0.15, 0.2) is 42.7 Å². The molecule has 5 aliphatic rings. The van der Waals surface area contributed by atoms with Crippen molar-refractivity contribution in [1.82, 2.24) is 30.8 Å². The second-order valence-corrected chi connectivity index (χ2v) is 16.0. The van der Waals surface area contributed by atoms with Crippen molar-refractivity contribution < 1.29 is 33.1 Å². The highest BCUT2D eigenvalue weighted by Crippen LogP contribution is 2.34. The van der Waals surface area contributed by atoms with Gasteiger partial charge in [-0.1, -0.05) is 11.6 Å². The van der Waals surface area contributed by atoms with Crippen LogP contribution in [-0.2, 0) is 9.59 Å². The summed E-state index contributed by atoms with van der Waals surface area (Å²) >= 11 is 6.14. The number of halogens is 2. The largest absolute Gasteiger partial charge is 0.490 e. The molecule has 3 N–H and O–H groups in total. The number of fused-ring (bicyclic) bond motifs is 1. The molecule has 8 rings (SSSR count). The predicted molar refractivity (Wildman–Crippen MR) is 209 cm³/mol. The van der Waals surface area contributed by atoms with E-state index in [1.165, 1.54) is 12.3 Å². The van der Waals surface area contributed by atoms with Gasteiger partial charge in [0.2, 0.25) is 11.8 Å². The third-order valence-corrected chi connectivity index (χ3v) is 12.2. The second-order valence-electron chi connectivity index (χ2n) is 15.6. The lowest BCUT2D eigenvalue weighted by atomic mass is 9.93. The van der Waals surface area contributed by atoms with Crippen molar-refractivity contribution in [2.75, 3.05) is 36.0 Å². The second kappa shape index (κ2) is 16.7. The van der Waals surface area contributed by atoms with Crippen LogP contribution in [0.2, 0.25) is 5.02 Å². The average molecular weight is 812 g/mol. The van der Waals surface area contributed by atoms with Crippen molar-refractivity contribution in [1.29, 1.82) is 5.26 Å². The van der Waals surface area contributed by atoms with Crippen molar-refractivity contribution >= 4 is 52.6 Å². The molecule has 17 heteroatoms. The molecule has 2 aromatic carbocycles. The molecule has 0 spiro atoms. The average Bonchev–Trinajstić information content (AvgIpc) is 3.46. The van der Waals surface area contributed by atoms with Crippen LogP contribution in [0, 0.1) is 17.1 Å². The van der Waals surface area contributed by atoms with E-state index in [1.807, 2.05) is 11.0 Å². The SMILES string of the molecule is N#Cc1ccc(OC2CCC(NC(=O)c3cnc(N4CCC(NC5CCN(c6cc7c(cc6F)C(=O)N(C6CCC(=O)NC6=O)C7=O)CC5)CC4)cn3)CC2)cc1Cl. The van der Waals surface area contributed by atoms with E-state index >= 15 is 4.39 Å². The lowest BCUT2D eigenvalue weighted by molar-refractivity contribution is -0.136. The number of rotatable bonds is 9. The number of nitrogens with one attached hydrogen (secondary N) is 3. The highest BCUT2D eigenvalue weighted by Gasteiger charge is 2.45. The first kappa shape index (κ1) is 39.2. The smallest absolute Gasteiger partial charge is 0.271 e. The van der Waals surface area contributed by atoms with Gasteiger partial charge in [-0.05, 0) is 82.1 Å². The number of carbonyl (C=O) groups is 5. The maximum atomic E-state index is 15.4. The normalized spacial score (nSPS) is 23.1. The van der Waals surface area contributed by atoms with Crippen LogP contribution in [0.1, 0.15) is 101 Å². The Bertz CT molecular complexity index is 2160. The molecule has 1 saturated carbocycles. The molecule has 302 valence electrons. The number of aromatic nitrogens is 2. The van der Waals surface area contributed by atoms with Gasteiger partial charge < -0.3 is 25.2 Å². The number of hydrogen-bond donors (Lipinski definition) is 3. The molecule has 3 aromatic rings. The van der Waals surface area contributed by atoms with E-state index in [0.717, 1.165) is 81.2 Å². The van der Waals surface area contributed by atoms with E-state index in [2.05, 4.69) is 30.8 Å². The summed E-state index contributed by atoms with van der Waals surface area (Å²) in [6, 6.07) is 9.04. The Balaban J connectivity index is 0.764. The molecule has 5 amide bonds. The minimum absolute atomic E-state index is 0.00345. The van der Waals surface area contributed by atoms with Gasteiger partial charge in [0.25, 0.3) is 17.7 Å². The molecule has 1 unspecified atom stereocenters. The Morgan fingerprint density at radius 1 is 0.845 bits per heavy atom. The van der Waals surface area contributed by atoms with Crippen molar-refractivity contribution in [2.24, 2.45) is 0 Å². The van der Waals surface area contributed by atoms with Crippen LogP contribution in [-0.4, -0.2) is 101 Å². The van der Waals surface area contributed by atoms with E-state index in [-0.39, 0.29) is 59.4 Å². The first-order chi connectivity index (χ1) is 28.0. The van der Waals surface area contributed by atoms with Crippen LogP contribution in [0.3, 0.4) is 0 Å². The zero-order valence-electron chi connectivity index (χ0n) is 31.7. The summed E-state index contributed by atoms with van der Waals surface area (Å²) in [5, 5.41) is 18.5. The highest BCUT2D eigenvalue weighted by atomic mass is 35.5. The Morgan fingerprint density at radius 2 is 1.52 bits per heavy atom. The molecule has 4 aliphatic heterocycles. The number of nitrogens with zero attached hydrogens (tertiary/aromatic N) is 6. The number of carbonyl (C=O) groups excluding carboxylic acids is 5. The van der Waals surface area contributed by atoms with Gasteiger partial charge in [-0.15, -0.1) is 0 Å². The maximum Gasteiger partial charge on any atom is 0.271 e. The Labute approximate surface area is 339 Å². The first-order valence-electron chi connectivity index (χ1n) is 19.8. The summed E-state index contributed by atoms with van der Waals surface area (Å²) < 4.78 is 21.5. The number of benzene rings is 2. The molecule has 5 heterocycles. The summed E-state index contributed by atoms with van der Waals surface area (Å²) in [7, 11) is 0. The van der Waals surface area contributed by atoms with Gasteiger partial charge in [0.1, 0.15) is 35.2 Å². The van der Waals surface area contributed by atoms with Crippen LogP contribution >= 0.6 is 11.6 Å². The molecule has 0 radical (unpaired) electrons. The maximum absolute atomic E-state index is 15.4. The highest BCUT2D eigenvalue weighted by molar-refractivity contribution is 6.31. The minimum atomic E-state index is -1.11. The van der Waals surface area contributed by atoms with Crippen LogP contribution in [0.25, 0.3) is 0 Å².